The molecule has 0 fully saturated rings. The third kappa shape index (κ3) is 5.60. The van der Waals surface area contributed by atoms with Gasteiger partial charge in [-0.3, -0.25) is 0 Å². The van der Waals surface area contributed by atoms with E-state index in [9.17, 15) is 0 Å². The summed E-state index contributed by atoms with van der Waals surface area (Å²) in [5.41, 5.74) is 0. The second-order valence-corrected chi connectivity index (χ2v) is 3.49. The van der Waals surface area contributed by atoms with Crippen molar-refractivity contribution in [3.8, 4) is 0 Å². The van der Waals surface area contributed by atoms with Crippen LogP contribution >= 0.6 is 0 Å². The van der Waals surface area contributed by atoms with Gasteiger partial charge in [-0.05, 0) is 53.0 Å². The summed E-state index contributed by atoms with van der Waals surface area (Å²) in [6.45, 7) is 4.00. The number of hydrogen-bond acceptors (Lipinski definition) is 4. The van der Waals surface area contributed by atoms with Crippen molar-refractivity contribution in [2.45, 2.75) is 0 Å². The van der Waals surface area contributed by atoms with E-state index in [2.05, 4.69) is 0 Å². The fourth-order valence-electron chi connectivity index (χ4n) is 1.15. The van der Waals surface area contributed by atoms with Gasteiger partial charge < -0.3 is 19.6 Å². The van der Waals surface area contributed by atoms with Crippen LogP contribution in [-0.4, -0.2) is 47.8 Å². The van der Waals surface area contributed by atoms with Crippen LogP contribution in [0.2, 0.25) is 0 Å². The van der Waals surface area contributed by atoms with Gasteiger partial charge in [0, 0.05) is 0 Å². The van der Waals surface area contributed by atoms with E-state index in [1.54, 1.807) is 0 Å². The van der Waals surface area contributed by atoms with Crippen LogP contribution in [0.15, 0.2) is 24.8 Å². The van der Waals surface area contributed by atoms with E-state index < -0.39 is 0 Å². The van der Waals surface area contributed by atoms with Crippen molar-refractivity contribution < 1.29 is 17.1 Å². The van der Waals surface area contributed by atoms with Crippen LogP contribution in [0.1, 0.15) is 0 Å². The predicted octanol–water partition coefficient (Wildman–Crippen LogP) is 0.906. The maximum Gasteiger partial charge on any atom is 1.00 e. The van der Waals surface area contributed by atoms with Crippen LogP contribution in [0.4, 0.5) is 0 Å². The average Bonchev–Trinajstić information content (AvgIpc) is 2.63. The number of hydrogen-bond donors (Lipinski definition) is 0. The normalized spacial score (nSPS) is 17.9. The van der Waals surface area contributed by atoms with Crippen molar-refractivity contribution in [3.05, 3.63) is 38.1 Å². The molecule has 4 nitrogen and oxygen atoms in total. The second-order valence-electron chi connectivity index (χ2n) is 3.49. The van der Waals surface area contributed by atoms with Crippen molar-refractivity contribution in [2.75, 3.05) is 28.2 Å². The van der Waals surface area contributed by atoms with E-state index in [0.717, 1.165) is 0 Å². The van der Waals surface area contributed by atoms with E-state index in [0.29, 0.717) is 0 Å². The molecule has 0 aromatic heterocycles. The Labute approximate surface area is 103 Å². The Bertz CT molecular complexity index is 185. The molecule has 0 amide bonds. The maximum absolute atomic E-state index is 2.00. The van der Waals surface area contributed by atoms with Gasteiger partial charge in [0.05, 0.1) is 0 Å². The Hall–Kier alpha value is -0.801. The monoisotopic (exact) mass is 257 g/mol. The quantitative estimate of drug-likeness (QED) is 0.472. The summed E-state index contributed by atoms with van der Waals surface area (Å²) in [7, 11) is 8.00. The zero-order chi connectivity index (χ0) is 10.6. The molecule has 0 saturated carbocycles. The summed E-state index contributed by atoms with van der Waals surface area (Å²) in [6, 6.07) is 0. The third-order valence-corrected chi connectivity index (χ3v) is 1.80. The van der Waals surface area contributed by atoms with Crippen LogP contribution in [-0.2, 0) is 17.1 Å². The van der Waals surface area contributed by atoms with Gasteiger partial charge in [0.1, 0.15) is 0 Å². The largest absolute Gasteiger partial charge is 1.00 e. The number of rotatable bonds is 0. The van der Waals surface area contributed by atoms with Gasteiger partial charge in [-0.2, -0.15) is 13.3 Å². The SMILES string of the molecule is CN1C=CN(C)[CH-]1.CN1C=CN(C)[CH-]1.[Cu+]. The molecule has 0 atom stereocenters. The molecule has 0 bridgehead atoms. The Morgan fingerprint density at radius 1 is 0.600 bits per heavy atom. The van der Waals surface area contributed by atoms with Crippen molar-refractivity contribution in [2.24, 2.45) is 0 Å². The standard InChI is InChI=1S/2C5H9N2.Cu/c2*1-6-3-4-7(2)5-6;/h2*3-5H,1-2H3;/q2*-1;+1. The molecule has 90 valence electrons. The Kier molecular flexibility index (Phi) is 6.29. The summed E-state index contributed by atoms with van der Waals surface area (Å²) in [5.74, 6) is 0. The molecule has 2 aliphatic heterocycles. The van der Waals surface area contributed by atoms with E-state index >= 15 is 0 Å². The molecule has 0 spiro atoms. The van der Waals surface area contributed by atoms with E-state index in [1.165, 1.54) is 0 Å². The Morgan fingerprint density at radius 2 is 0.800 bits per heavy atom. The fraction of sp³-hybridized carbons (Fsp3) is 0.400. The summed E-state index contributed by atoms with van der Waals surface area (Å²) in [6.07, 6.45) is 8.00. The molecular weight excluding hydrogens is 240 g/mol. The molecule has 2 heterocycles. The number of nitrogens with zero attached hydrogens (tertiary/aromatic N) is 4. The van der Waals surface area contributed by atoms with E-state index in [-0.39, 0.29) is 17.1 Å². The first-order valence-electron chi connectivity index (χ1n) is 4.52. The fourth-order valence-corrected chi connectivity index (χ4v) is 1.15. The smallest absolute Gasteiger partial charge is 0.511 e. The maximum atomic E-state index is 2.00. The molecule has 0 aromatic rings. The first-order chi connectivity index (χ1) is 6.58. The molecule has 0 unspecified atom stereocenters. The minimum absolute atomic E-state index is 0. The molecule has 2 aliphatic rings. The minimum atomic E-state index is 0. The molecule has 0 saturated heterocycles. The van der Waals surface area contributed by atoms with Crippen molar-refractivity contribution in [3.63, 3.8) is 0 Å². The van der Waals surface area contributed by atoms with Gasteiger partial charge in [-0.25, -0.2) is 0 Å². The predicted molar refractivity (Wildman–Crippen MR) is 57.9 cm³/mol. The summed E-state index contributed by atoms with van der Waals surface area (Å²) in [4.78, 5) is 8.00. The second kappa shape index (κ2) is 6.64. The summed E-state index contributed by atoms with van der Waals surface area (Å²) < 4.78 is 0. The zero-order valence-electron chi connectivity index (χ0n) is 9.55. The van der Waals surface area contributed by atoms with Crippen LogP contribution in [0.25, 0.3) is 0 Å². The van der Waals surface area contributed by atoms with Crippen molar-refractivity contribution in [1.82, 2.24) is 19.6 Å². The van der Waals surface area contributed by atoms with Gasteiger partial charge in [-0.15, -0.1) is 0 Å². The molecule has 0 aliphatic carbocycles. The Balaban J connectivity index is 0.000000245. The zero-order valence-corrected chi connectivity index (χ0v) is 10.5. The van der Waals surface area contributed by atoms with Crippen LogP contribution < -0.4 is 0 Å². The summed E-state index contributed by atoms with van der Waals surface area (Å²) in [5, 5.41) is 0. The topological polar surface area (TPSA) is 13.0 Å². The third-order valence-electron chi connectivity index (χ3n) is 1.80. The molecule has 0 N–H and O–H groups in total. The molecule has 2 rings (SSSR count). The minimum Gasteiger partial charge on any atom is -0.511 e. The van der Waals surface area contributed by atoms with Gasteiger partial charge in [-0.1, -0.05) is 0 Å². The van der Waals surface area contributed by atoms with Crippen molar-refractivity contribution >= 4 is 0 Å². The Morgan fingerprint density at radius 3 is 0.867 bits per heavy atom. The molecule has 0 radical (unpaired) electrons. The van der Waals surface area contributed by atoms with Gasteiger partial charge in [0.15, 0.2) is 0 Å². The van der Waals surface area contributed by atoms with Crippen LogP contribution in [0.3, 0.4) is 0 Å². The first-order valence-corrected chi connectivity index (χ1v) is 4.52. The molecule has 15 heavy (non-hydrogen) atoms. The molecule has 0 aromatic carbocycles. The average molecular weight is 258 g/mol. The van der Waals surface area contributed by atoms with Crippen LogP contribution in [0.5, 0.6) is 0 Å². The van der Waals surface area contributed by atoms with Gasteiger partial charge in [0.2, 0.25) is 0 Å². The first kappa shape index (κ1) is 14.2. The molecule has 5 heteroatoms. The summed E-state index contributed by atoms with van der Waals surface area (Å²) >= 11 is 0. The molecular formula is C10H18CuN4-. The van der Waals surface area contributed by atoms with Gasteiger partial charge in [0.25, 0.3) is 0 Å². The van der Waals surface area contributed by atoms with Crippen molar-refractivity contribution in [1.29, 1.82) is 0 Å². The van der Waals surface area contributed by atoms with E-state index in [1.807, 2.05) is 85.9 Å². The van der Waals surface area contributed by atoms with Gasteiger partial charge >= 0.3 is 17.1 Å². The van der Waals surface area contributed by atoms with E-state index in [4.69, 9.17) is 0 Å². The van der Waals surface area contributed by atoms with Crippen LogP contribution in [0, 0.1) is 13.3 Å².